The zero-order valence-electron chi connectivity index (χ0n) is 9.22. The molecule has 0 atom stereocenters. The number of hydrogen-bond donors (Lipinski definition) is 1. The van der Waals surface area contributed by atoms with Crippen molar-refractivity contribution in [1.29, 1.82) is 0 Å². The molecule has 4 nitrogen and oxygen atoms in total. The van der Waals surface area contributed by atoms with Crippen molar-refractivity contribution < 1.29 is 9.90 Å². The van der Waals surface area contributed by atoms with Crippen molar-refractivity contribution in [2.45, 2.75) is 13.3 Å². The fourth-order valence-electron chi connectivity index (χ4n) is 1.62. The van der Waals surface area contributed by atoms with Crippen LogP contribution >= 0.6 is 11.6 Å². The number of benzene rings is 1. The molecular formula is C12H11ClN2O2. The lowest BCUT2D eigenvalue weighted by atomic mass is 10.2. The predicted octanol–water partition coefficient (Wildman–Crippen LogP) is 2.46. The van der Waals surface area contributed by atoms with Gasteiger partial charge in [0, 0.05) is 16.3 Å². The zero-order valence-corrected chi connectivity index (χ0v) is 9.98. The molecule has 88 valence electrons. The van der Waals surface area contributed by atoms with E-state index in [0.717, 1.165) is 11.4 Å². The van der Waals surface area contributed by atoms with Crippen LogP contribution in [0.3, 0.4) is 0 Å². The van der Waals surface area contributed by atoms with Crippen LogP contribution in [0.1, 0.15) is 11.3 Å². The molecule has 0 unspecified atom stereocenters. The van der Waals surface area contributed by atoms with Gasteiger partial charge < -0.3 is 5.11 Å². The highest BCUT2D eigenvalue weighted by Crippen LogP contribution is 2.17. The Balaban J connectivity index is 2.37. The molecule has 0 aliphatic heterocycles. The van der Waals surface area contributed by atoms with Gasteiger partial charge in [-0.15, -0.1) is 0 Å². The van der Waals surface area contributed by atoms with Gasteiger partial charge in [-0.05, 0) is 31.2 Å². The summed E-state index contributed by atoms with van der Waals surface area (Å²) in [4.78, 5) is 10.7. The van der Waals surface area contributed by atoms with E-state index in [1.54, 1.807) is 23.0 Å². The fraction of sp³-hybridized carbons (Fsp3) is 0.167. The molecule has 5 heteroatoms. The van der Waals surface area contributed by atoms with Gasteiger partial charge in [-0.1, -0.05) is 11.6 Å². The number of carboxylic acid groups (broad SMARTS) is 1. The maximum atomic E-state index is 10.7. The van der Waals surface area contributed by atoms with E-state index in [4.69, 9.17) is 16.7 Å². The summed E-state index contributed by atoms with van der Waals surface area (Å²) >= 11 is 5.81. The second-order valence-corrected chi connectivity index (χ2v) is 4.15. The highest BCUT2D eigenvalue weighted by molar-refractivity contribution is 6.30. The molecule has 0 amide bonds. The Labute approximate surface area is 103 Å². The van der Waals surface area contributed by atoms with Crippen LogP contribution < -0.4 is 0 Å². The lowest BCUT2D eigenvalue weighted by molar-refractivity contribution is -0.136. The summed E-state index contributed by atoms with van der Waals surface area (Å²) in [7, 11) is 0. The molecule has 0 aliphatic carbocycles. The SMILES string of the molecule is Cc1c(CC(=O)O)cnn1-c1ccc(Cl)cc1. The molecule has 2 aromatic rings. The van der Waals surface area contributed by atoms with E-state index in [-0.39, 0.29) is 6.42 Å². The van der Waals surface area contributed by atoms with Crippen molar-refractivity contribution in [3.63, 3.8) is 0 Å². The summed E-state index contributed by atoms with van der Waals surface area (Å²) in [6.07, 6.45) is 1.57. The molecule has 1 aromatic heterocycles. The third kappa shape index (κ3) is 2.47. The van der Waals surface area contributed by atoms with Crippen LogP contribution in [-0.4, -0.2) is 20.9 Å². The number of carbonyl (C=O) groups is 1. The number of rotatable bonds is 3. The summed E-state index contributed by atoms with van der Waals surface area (Å²) in [6, 6.07) is 7.23. The highest BCUT2D eigenvalue weighted by Gasteiger charge is 2.10. The molecule has 0 saturated heterocycles. The number of hydrogen-bond acceptors (Lipinski definition) is 2. The minimum Gasteiger partial charge on any atom is -0.481 e. The molecule has 1 heterocycles. The molecule has 0 spiro atoms. The minimum atomic E-state index is -0.858. The van der Waals surface area contributed by atoms with Gasteiger partial charge in [0.1, 0.15) is 0 Å². The zero-order chi connectivity index (χ0) is 12.4. The summed E-state index contributed by atoms with van der Waals surface area (Å²) in [5.74, 6) is -0.858. The number of nitrogens with zero attached hydrogens (tertiary/aromatic N) is 2. The molecular weight excluding hydrogens is 240 g/mol. The van der Waals surface area contributed by atoms with Gasteiger partial charge in [0.15, 0.2) is 0 Å². The van der Waals surface area contributed by atoms with E-state index in [9.17, 15) is 4.79 Å². The van der Waals surface area contributed by atoms with Gasteiger partial charge in [0.25, 0.3) is 0 Å². The smallest absolute Gasteiger partial charge is 0.307 e. The van der Waals surface area contributed by atoms with Crippen molar-refractivity contribution in [3.8, 4) is 5.69 Å². The second kappa shape index (κ2) is 4.59. The standard InChI is InChI=1S/C12H11ClN2O2/c1-8-9(6-12(16)17)7-14-15(8)11-4-2-10(13)3-5-11/h2-5,7H,6H2,1H3,(H,16,17). The van der Waals surface area contributed by atoms with Crippen molar-refractivity contribution in [3.05, 3.63) is 46.7 Å². The van der Waals surface area contributed by atoms with E-state index in [0.29, 0.717) is 10.6 Å². The van der Waals surface area contributed by atoms with E-state index >= 15 is 0 Å². The van der Waals surface area contributed by atoms with Crippen LogP contribution in [0, 0.1) is 6.92 Å². The molecule has 2 rings (SSSR count). The maximum Gasteiger partial charge on any atom is 0.307 e. The van der Waals surface area contributed by atoms with E-state index < -0.39 is 5.97 Å². The first kappa shape index (κ1) is 11.7. The van der Waals surface area contributed by atoms with Gasteiger partial charge in [0.05, 0.1) is 18.3 Å². The predicted molar refractivity (Wildman–Crippen MR) is 64.7 cm³/mol. The molecule has 0 aliphatic rings. The van der Waals surface area contributed by atoms with Crippen molar-refractivity contribution in [2.75, 3.05) is 0 Å². The molecule has 0 saturated carbocycles. The van der Waals surface area contributed by atoms with Crippen LogP contribution in [0.25, 0.3) is 5.69 Å². The monoisotopic (exact) mass is 250 g/mol. The summed E-state index contributed by atoms with van der Waals surface area (Å²) in [5, 5.41) is 13.6. The lowest BCUT2D eigenvalue weighted by Gasteiger charge is -2.04. The van der Waals surface area contributed by atoms with Crippen LogP contribution in [0.15, 0.2) is 30.5 Å². The minimum absolute atomic E-state index is 0.0145. The van der Waals surface area contributed by atoms with Crippen LogP contribution in [0.2, 0.25) is 5.02 Å². The lowest BCUT2D eigenvalue weighted by Crippen LogP contribution is -2.03. The van der Waals surface area contributed by atoms with Gasteiger partial charge in [-0.25, -0.2) is 4.68 Å². The van der Waals surface area contributed by atoms with Crippen molar-refractivity contribution >= 4 is 17.6 Å². The third-order valence-electron chi connectivity index (χ3n) is 2.52. The Morgan fingerprint density at radius 3 is 2.65 bits per heavy atom. The molecule has 0 radical (unpaired) electrons. The second-order valence-electron chi connectivity index (χ2n) is 3.71. The average Bonchev–Trinajstić information content (AvgIpc) is 2.61. The van der Waals surface area contributed by atoms with Crippen LogP contribution in [0.5, 0.6) is 0 Å². The topological polar surface area (TPSA) is 55.1 Å². The van der Waals surface area contributed by atoms with E-state index in [2.05, 4.69) is 5.10 Å². The Bertz CT molecular complexity index is 546. The molecule has 1 aromatic carbocycles. The third-order valence-corrected chi connectivity index (χ3v) is 2.78. The van der Waals surface area contributed by atoms with Gasteiger partial charge in [-0.3, -0.25) is 4.79 Å². The summed E-state index contributed by atoms with van der Waals surface area (Å²) < 4.78 is 1.70. The Kier molecular flexibility index (Phi) is 3.15. The number of aromatic nitrogens is 2. The van der Waals surface area contributed by atoms with Gasteiger partial charge >= 0.3 is 5.97 Å². The first-order valence-corrected chi connectivity index (χ1v) is 5.47. The fourth-order valence-corrected chi connectivity index (χ4v) is 1.75. The van der Waals surface area contributed by atoms with Crippen molar-refractivity contribution in [2.24, 2.45) is 0 Å². The van der Waals surface area contributed by atoms with E-state index in [1.807, 2.05) is 19.1 Å². The van der Waals surface area contributed by atoms with Crippen LogP contribution in [0.4, 0.5) is 0 Å². The average molecular weight is 251 g/mol. The molecule has 1 N–H and O–H groups in total. The van der Waals surface area contributed by atoms with Crippen LogP contribution in [-0.2, 0) is 11.2 Å². The first-order valence-electron chi connectivity index (χ1n) is 5.09. The summed E-state index contributed by atoms with van der Waals surface area (Å²) in [5.41, 5.74) is 2.41. The Morgan fingerprint density at radius 2 is 2.06 bits per heavy atom. The molecule has 17 heavy (non-hydrogen) atoms. The van der Waals surface area contributed by atoms with E-state index in [1.165, 1.54) is 0 Å². The summed E-state index contributed by atoms with van der Waals surface area (Å²) in [6.45, 7) is 1.85. The van der Waals surface area contributed by atoms with Crippen molar-refractivity contribution in [1.82, 2.24) is 9.78 Å². The number of halogens is 1. The highest BCUT2D eigenvalue weighted by atomic mass is 35.5. The molecule has 0 bridgehead atoms. The normalized spacial score (nSPS) is 10.5. The van der Waals surface area contributed by atoms with Gasteiger partial charge in [0.2, 0.25) is 0 Å². The number of aliphatic carboxylic acids is 1. The number of carboxylic acids is 1. The first-order chi connectivity index (χ1) is 8.08. The largest absolute Gasteiger partial charge is 0.481 e. The maximum absolute atomic E-state index is 10.7. The quantitative estimate of drug-likeness (QED) is 0.910. The van der Waals surface area contributed by atoms with Gasteiger partial charge in [-0.2, -0.15) is 5.10 Å². The Hall–Kier alpha value is -1.81. The molecule has 0 fully saturated rings. The Morgan fingerprint density at radius 1 is 1.41 bits per heavy atom.